The lowest BCUT2D eigenvalue weighted by Gasteiger charge is -2.16. The summed E-state index contributed by atoms with van der Waals surface area (Å²) in [7, 11) is 1.78. The standard InChI is InChI=1S/C28H18F2N8O2/c1-36-15-19-10-20(6-7-23(19)35-36)33-26-34-27(39)38(24-13-32-12-17-4-2-3-5-21(17)24)28(40)37(26)14-16-8-18(11-31)25(30)22(29)9-16/h2-10,12-13,15H,14H2,1H3,(H,33,34,39). The van der Waals surface area contributed by atoms with Crippen LogP contribution in [-0.2, 0) is 13.6 Å². The molecule has 6 rings (SSSR count). The van der Waals surface area contributed by atoms with Crippen LogP contribution in [0.25, 0.3) is 27.4 Å². The molecule has 0 fully saturated rings. The minimum absolute atomic E-state index is 0.117. The molecular formula is C28H18F2N8O2. The Morgan fingerprint density at radius 3 is 2.67 bits per heavy atom. The Labute approximate surface area is 224 Å². The molecule has 0 aliphatic rings. The molecule has 0 spiro atoms. The minimum atomic E-state index is -1.29. The van der Waals surface area contributed by atoms with Crippen molar-refractivity contribution in [3.63, 3.8) is 0 Å². The van der Waals surface area contributed by atoms with Crippen LogP contribution in [0.4, 0.5) is 20.4 Å². The maximum Gasteiger partial charge on any atom is 0.359 e. The average molecular weight is 537 g/mol. The lowest BCUT2D eigenvalue weighted by Crippen LogP contribution is -2.42. The smallest absolute Gasteiger partial charge is 0.325 e. The van der Waals surface area contributed by atoms with E-state index in [0.29, 0.717) is 16.5 Å². The van der Waals surface area contributed by atoms with Crippen LogP contribution in [0.2, 0.25) is 0 Å². The SMILES string of the molecule is Cn1cc2cc(Nc3nc(=O)n(-c4cncc5ccccc45)c(=O)n3Cc3cc(F)c(F)c(C#N)c3)ccc2n1. The lowest BCUT2D eigenvalue weighted by atomic mass is 10.1. The second-order valence-corrected chi connectivity index (χ2v) is 9.05. The number of nitrogens with one attached hydrogen (secondary N) is 1. The van der Waals surface area contributed by atoms with Gasteiger partial charge in [-0.2, -0.15) is 15.3 Å². The lowest BCUT2D eigenvalue weighted by molar-refractivity contribution is 0.503. The van der Waals surface area contributed by atoms with Crippen molar-refractivity contribution in [1.29, 1.82) is 5.26 Å². The zero-order chi connectivity index (χ0) is 28.0. The molecule has 3 aromatic heterocycles. The third-order valence-electron chi connectivity index (χ3n) is 6.38. The molecule has 0 unspecified atom stereocenters. The number of anilines is 2. The maximum atomic E-state index is 14.3. The molecule has 0 aliphatic heterocycles. The fourth-order valence-electron chi connectivity index (χ4n) is 4.57. The van der Waals surface area contributed by atoms with Gasteiger partial charge in [-0.1, -0.05) is 24.3 Å². The molecule has 3 heterocycles. The van der Waals surface area contributed by atoms with Gasteiger partial charge in [0, 0.05) is 41.3 Å². The van der Waals surface area contributed by atoms with Gasteiger partial charge in [0.05, 0.1) is 29.5 Å². The molecule has 0 amide bonds. The summed E-state index contributed by atoms with van der Waals surface area (Å²) in [6, 6.07) is 16.0. The minimum Gasteiger partial charge on any atom is -0.325 e. The molecule has 40 heavy (non-hydrogen) atoms. The first-order valence-corrected chi connectivity index (χ1v) is 12.0. The molecule has 3 aromatic carbocycles. The van der Waals surface area contributed by atoms with E-state index in [1.807, 2.05) is 0 Å². The predicted molar refractivity (Wildman–Crippen MR) is 144 cm³/mol. The Balaban J connectivity index is 1.55. The van der Waals surface area contributed by atoms with Crippen LogP contribution in [0.3, 0.4) is 0 Å². The Kier molecular flexibility index (Phi) is 5.88. The molecule has 0 saturated heterocycles. The number of nitrogens with zero attached hydrogens (tertiary/aromatic N) is 7. The van der Waals surface area contributed by atoms with Crippen LogP contribution in [0.1, 0.15) is 11.1 Å². The summed E-state index contributed by atoms with van der Waals surface area (Å²) in [5, 5.41) is 18.7. The predicted octanol–water partition coefficient (Wildman–Crippen LogP) is 3.77. The summed E-state index contributed by atoms with van der Waals surface area (Å²) in [5.74, 6) is -2.66. The summed E-state index contributed by atoms with van der Waals surface area (Å²) < 4.78 is 32.0. The normalized spacial score (nSPS) is 11.2. The number of hydrogen-bond acceptors (Lipinski definition) is 7. The number of benzene rings is 3. The van der Waals surface area contributed by atoms with E-state index in [-0.39, 0.29) is 23.7 Å². The van der Waals surface area contributed by atoms with Crippen LogP contribution in [0, 0.1) is 23.0 Å². The van der Waals surface area contributed by atoms with Crippen molar-refractivity contribution in [3.05, 3.63) is 117 Å². The zero-order valence-corrected chi connectivity index (χ0v) is 20.8. The zero-order valence-electron chi connectivity index (χ0n) is 20.8. The molecule has 0 bridgehead atoms. The molecule has 10 nitrogen and oxygen atoms in total. The van der Waals surface area contributed by atoms with Crippen molar-refractivity contribution >= 4 is 33.3 Å². The van der Waals surface area contributed by atoms with Gasteiger partial charge >= 0.3 is 11.4 Å². The highest BCUT2D eigenvalue weighted by atomic mass is 19.2. The number of nitriles is 1. The van der Waals surface area contributed by atoms with Crippen molar-refractivity contribution in [2.75, 3.05) is 5.32 Å². The molecule has 1 N–H and O–H groups in total. The molecule has 6 aromatic rings. The van der Waals surface area contributed by atoms with E-state index in [0.717, 1.165) is 32.2 Å². The van der Waals surface area contributed by atoms with Gasteiger partial charge in [-0.15, -0.1) is 0 Å². The van der Waals surface area contributed by atoms with Crippen molar-refractivity contribution in [2.24, 2.45) is 7.05 Å². The Bertz CT molecular complexity index is 2120. The second kappa shape index (κ2) is 9.55. The van der Waals surface area contributed by atoms with E-state index in [1.165, 1.54) is 6.20 Å². The maximum absolute atomic E-state index is 14.3. The summed E-state index contributed by atoms with van der Waals surface area (Å²) in [5.41, 5.74) is -0.610. The molecule has 196 valence electrons. The first-order valence-electron chi connectivity index (χ1n) is 12.0. The van der Waals surface area contributed by atoms with Crippen molar-refractivity contribution < 1.29 is 8.78 Å². The van der Waals surface area contributed by atoms with E-state index in [1.54, 1.807) is 72.7 Å². The average Bonchev–Trinajstić information content (AvgIpc) is 3.32. The second-order valence-electron chi connectivity index (χ2n) is 9.05. The highest BCUT2D eigenvalue weighted by Gasteiger charge is 2.19. The van der Waals surface area contributed by atoms with E-state index >= 15 is 0 Å². The van der Waals surface area contributed by atoms with Crippen LogP contribution in [0.15, 0.2) is 82.8 Å². The Morgan fingerprint density at radius 1 is 1.02 bits per heavy atom. The van der Waals surface area contributed by atoms with Crippen LogP contribution in [-0.4, -0.2) is 28.9 Å². The summed E-state index contributed by atoms with van der Waals surface area (Å²) in [6.45, 7) is -0.326. The number of fused-ring (bicyclic) bond motifs is 2. The molecule has 0 saturated carbocycles. The third kappa shape index (κ3) is 4.25. The topological polar surface area (TPSA) is 123 Å². The van der Waals surface area contributed by atoms with Gasteiger partial charge in [-0.05, 0) is 35.9 Å². The van der Waals surface area contributed by atoms with E-state index < -0.39 is 28.6 Å². The molecule has 0 radical (unpaired) electrons. The van der Waals surface area contributed by atoms with Crippen LogP contribution >= 0.6 is 0 Å². The van der Waals surface area contributed by atoms with E-state index in [4.69, 9.17) is 0 Å². The van der Waals surface area contributed by atoms with E-state index in [9.17, 15) is 23.6 Å². The van der Waals surface area contributed by atoms with Gasteiger partial charge < -0.3 is 5.32 Å². The molecule has 0 atom stereocenters. The van der Waals surface area contributed by atoms with E-state index in [2.05, 4.69) is 20.4 Å². The highest BCUT2D eigenvalue weighted by Crippen LogP contribution is 2.23. The fourth-order valence-corrected chi connectivity index (χ4v) is 4.57. The quantitative estimate of drug-likeness (QED) is 0.356. The van der Waals surface area contributed by atoms with Crippen molar-refractivity contribution in [3.8, 4) is 11.8 Å². The third-order valence-corrected chi connectivity index (χ3v) is 6.38. The van der Waals surface area contributed by atoms with Gasteiger partial charge in [0.15, 0.2) is 11.6 Å². The van der Waals surface area contributed by atoms with Crippen LogP contribution in [0.5, 0.6) is 0 Å². The van der Waals surface area contributed by atoms with Gasteiger partial charge in [-0.3, -0.25) is 14.2 Å². The van der Waals surface area contributed by atoms with Gasteiger partial charge in [0.1, 0.15) is 6.07 Å². The first kappa shape index (κ1) is 24.6. The largest absolute Gasteiger partial charge is 0.359 e. The van der Waals surface area contributed by atoms with Gasteiger partial charge in [0.25, 0.3) is 0 Å². The van der Waals surface area contributed by atoms with Crippen molar-refractivity contribution in [1.82, 2.24) is 28.9 Å². The number of rotatable bonds is 5. The molecular weight excluding hydrogens is 518 g/mol. The van der Waals surface area contributed by atoms with Crippen molar-refractivity contribution in [2.45, 2.75) is 6.54 Å². The number of hydrogen-bond donors (Lipinski definition) is 1. The number of aryl methyl sites for hydroxylation is 1. The summed E-state index contributed by atoms with van der Waals surface area (Å²) in [4.78, 5) is 35.6. The fraction of sp³-hybridized carbons (Fsp3) is 0.0714. The first-order chi connectivity index (χ1) is 19.3. The summed E-state index contributed by atoms with van der Waals surface area (Å²) >= 11 is 0. The number of aromatic nitrogens is 6. The Hall–Kier alpha value is -5.70. The number of halogens is 2. The van der Waals surface area contributed by atoms with Gasteiger partial charge in [-0.25, -0.2) is 22.9 Å². The van der Waals surface area contributed by atoms with Crippen LogP contribution < -0.4 is 16.7 Å². The highest BCUT2D eigenvalue weighted by molar-refractivity contribution is 5.89. The molecule has 12 heteroatoms. The monoisotopic (exact) mass is 536 g/mol. The summed E-state index contributed by atoms with van der Waals surface area (Å²) in [6.07, 6.45) is 4.79. The Morgan fingerprint density at radius 2 is 1.85 bits per heavy atom. The molecule has 0 aliphatic carbocycles. The van der Waals surface area contributed by atoms with Gasteiger partial charge in [0.2, 0.25) is 5.95 Å². The number of pyridine rings is 1.